The van der Waals surface area contributed by atoms with Crippen molar-refractivity contribution in [2.75, 3.05) is 0 Å². The van der Waals surface area contributed by atoms with E-state index in [1.54, 1.807) is 12.1 Å². The van der Waals surface area contributed by atoms with Crippen molar-refractivity contribution in [2.45, 2.75) is 13.1 Å². The van der Waals surface area contributed by atoms with E-state index in [1.807, 2.05) is 30.3 Å². The van der Waals surface area contributed by atoms with E-state index in [1.165, 1.54) is 12.1 Å². The fourth-order valence-electron chi connectivity index (χ4n) is 1.67. The molecule has 0 spiro atoms. The first-order chi connectivity index (χ1) is 9.24. The topological polar surface area (TPSA) is 41.1 Å². The summed E-state index contributed by atoms with van der Waals surface area (Å²) in [5.41, 5.74) is 1.76. The number of urea groups is 1. The molecule has 0 aliphatic heterocycles. The lowest BCUT2D eigenvalue weighted by Gasteiger charge is -2.07. The van der Waals surface area contributed by atoms with Crippen LogP contribution in [0.25, 0.3) is 0 Å². The molecule has 0 saturated carbocycles. The number of carbonyl (C=O) groups is 1. The molecule has 0 unspecified atom stereocenters. The van der Waals surface area contributed by atoms with Gasteiger partial charge in [-0.3, -0.25) is 0 Å². The average molecular weight is 258 g/mol. The average Bonchev–Trinajstić information content (AvgIpc) is 2.44. The normalized spacial score (nSPS) is 9.95. The van der Waals surface area contributed by atoms with Gasteiger partial charge in [0.05, 0.1) is 0 Å². The highest BCUT2D eigenvalue weighted by molar-refractivity contribution is 5.73. The fourth-order valence-corrected chi connectivity index (χ4v) is 1.67. The van der Waals surface area contributed by atoms with Crippen molar-refractivity contribution in [2.24, 2.45) is 0 Å². The highest BCUT2D eigenvalue weighted by atomic mass is 19.1. The second-order valence-electron chi connectivity index (χ2n) is 4.15. The Hall–Kier alpha value is -2.36. The maximum Gasteiger partial charge on any atom is 0.315 e. The molecule has 0 radical (unpaired) electrons. The van der Waals surface area contributed by atoms with Gasteiger partial charge in [0, 0.05) is 13.1 Å². The van der Waals surface area contributed by atoms with Gasteiger partial charge in [-0.25, -0.2) is 9.18 Å². The van der Waals surface area contributed by atoms with Crippen LogP contribution in [0, 0.1) is 5.82 Å². The Morgan fingerprint density at radius 2 is 1.53 bits per heavy atom. The van der Waals surface area contributed by atoms with Crippen LogP contribution in [0.4, 0.5) is 9.18 Å². The number of halogens is 1. The first-order valence-electron chi connectivity index (χ1n) is 6.04. The third-order valence-corrected chi connectivity index (χ3v) is 2.64. The third-order valence-electron chi connectivity index (χ3n) is 2.64. The molecule has 0 saturated heterocycles. The van der Waals surface area contributed by atoms with E-state index in [4.69, 9.17) is 0 Å². The third kappa shape index (κ3) is 4.43. The van der Waals surface area contributed by atoms with E-state index in [9.17, 15) is 9.18 Å². The Morgan fingerprint density at radius 3 is 2.21 bits per heavy atom. The summed E-state index contributed by atoms with van der Waals surface area (Å²) in [4.78, 5) is 11.6. The first-order valence-corrected chi connectivity index (χ1v) is 6.04. The van der Waals surface area contributed by atoms with Crippen molar-refractivity contribution in [3.63, 3.8) is 0 Å². The van der Waals surface area contributed by atoms with Crippen molar-refractivity contribution in [1.29, 1.82) is 0 Å². The maximum absolute atomic E-state index is 12.9. The van der Waals surface area contributed by atoms with Crippen molar-refractivity contribution in [3.8, 4) is 0 Å². The van der Waals surface area contributed by atoms with Gasteiger partial charge in [-0.15, -0.1) is 0 Å². The predicted octanol–water partition coefficient (Wildman–Crippen LogP) is 2.83. The molecule has 0 aromatic heterocycles. The van der Waals surface area contributed by atoms with Crippen molar-refractivity contribution < 1.29 is 9.18 Å². The first kappa shape index (κ1) is 13.1. The Bertz CT molecular complexity index is 543. The van der Waals surface area contributed by atoms with Gasteiger partial charge in [-0.2, -0.15) is 0 Å². The van der Waals surface area contributed by atoms with E-state index < -0.39 is 0 Å². The molecular formula is C15H15FN2O. The number of hydrogen-bond donors (Lipinski definition) is 2. The van der Waals surface area contributed by atoms with Gasteiger partial charge in [0.15, 0.2) is 0 Å². The van der Waals surface area contributed by atoms with Gasteiger partial charge >= 0.3 is 6.03 Å². The van der Waals surface area contributed by atoms with E-state index >= 15 is 0 Å². The zero-order chi connectivity index (χ0) is 13.5. The van der Waals surface area contributed by atoms with Crippen LogP contribution in [0.1, 0.15) is 11.1 Å². The number of amides is 2. The van der Waals surface area contributed by atoms with Crippen LogP contribution in [0.2, 0.25) is 0 Å². The Kier molecular flexibility index (Phi) is 4.50. The molecule has 2 aromatic carbocycles. The quantitative estimate of drug-likeness (QED) is 0.870. The summed E-state index contributed by atoms with van der Waals surface area (Å²) in [6, 6.07) is 15.5. The molecule has 0 bridgehead atoms. The highest BCUT2D eigenvalue weighted by Crippen LogP contribution is 2.02. The zero-order valence-corrected chi connectivity index (χ0v) is 10.4. The summed E-state index contributed by atoms with van der Waals surface area (Å²) in [6.45, 7) is 0.772. The summed E-state index contributed by atoms with van der Waals surface area (Å²) in [5, 5.41) is 5.42. The minimum absolute atomic E-state index is 0.270. The molecule has 2 amide bonds. The number of benzene rings is 2. The van der Waals surface area contributed by atoms with Gasteiger partial charge in [-0.05, 0) is 23.3 Å². The predicted molar refractivity (Wildman–Crippen MR) is 71.9 cm³/mol. The van der Waals surface area contributed by atoms with Crippen LogP contribution in [-0.4, -0.2) is 6.03 Å². The molecule has 2 aromatic rings. The van der Waals surface area contributed by atoms with E-state index in [0.717, 1.165) is 11.1 Å². The standard InChI is InChI=1S/C15H15FN2O/c16-14-8-4-7-13(9-14)11-18-15(19)17-10-12-5-2-1-3-6-12/h1-9H,10-11H2,(H2,17,18,19). The minimum atomic E-state index is -0.302. The molecule has 2 rings (SSSR count). The Morgan fingerprint density at radius 1 is 0.895 bits per heavy atom. The number of rotatable bonds is 4. The smallest absolute Gasteiger partial charge is 0.315 e. The van der Waals surface area contributed by atoms with Gasteiger partial charge in [0.1, 0.15) is 5.82 Å². The van der Waals surface area contributed by atoms with E-state index in [0.29, 0.717) is 13.1 Å². The summed E-state index contributed by atoms with van der Waals surface area (Å²) in [7, 11) is 0. The molecule has 0 aliphatic rings. The summed E-state index contributed by atoms with van der Waals surface area (Å²) in [5.74, 6) is -0.302. The molecule has 0 aliphatic carbocycles. The van der Waals surface area contributed by atoms with Gasteiger partial charge < -0.3 is 10.6 Å². The second kappa shape index (κ2) is 6.54. The van der Waals surface area contributed by atoms with Crippen molar-refractivity contribution in [3.05, 3.63) is 71.5 Å². The number of hydrogen-bond acceptors (Lipinski definition) is 1. The van der Waals surface area contributed by atoms with Crippen LogP contribution in [0.5, 0.6) is 0 Å². The van der Waals surface area contributed by atoms with Crippen LogP contribution in [0.15, 0.2) is 54.6 Å². The van der Waals surface area contributed by atoms with E-state index in [-0.39, 0.29) is 11.8 Å². The van der Waals surface area contributed by atoms with Crippen LogP contribution < -0.4 is 10.6 Å². The van der Waals surface area contributed by atoms with Gasteiger partial charge in [0.25, 0.3) is 0 Å². The van der Waals surface area contributed by atoms with Crippen LogP contribution in [0.3, 0.4) is 0 Å². The Labute approximate surface area is 111 Å². The molecule has 19 heavy (non-hydrogen) atoms. The molecule has 0 heterocycles. The zero-order valence-electron chi connectivity index (χ0n) is 10.4. The maximum atomic E-state index is 12.9. The Balaban J connectivity index is 1.76. The summed E-state index contributed by atoms with van der Waals surface area (Å²) < 4.78 is 12.9. The molecule has 2 N–H and O–H groups in total. The second-order valence-corrected chi connectivity index (χ2v) is 4.15. The van der Waals surface area contributed by atoms with Crippen molar-refractivity contribution >= 4 is 6.03 Å². The molecular weight excluding hydrogens is 243 g/mol. The number of nitrogens with one attached hydrogen (secondary N) is 2. The fraction of sp³-hybridized carbons (Fsp3) is 0.133. The van der Waals surface area contributed by atoms with Crippen molar-refractivity contribution in [1.82, 2.24) is 10.6 Å². The lowest BCUT2D eigenvalue weighted by molar-refractivity contribution is 0.240. The summed E-state index contributed by atoms with van der Waals surface area (Å²) >= 11 is 0. The SMILES string of the molecule is O=C(NCc1ccccc1)NCc1cccc(F)c1. The molecule has 0 fully saturated rings. The van der Waals surface area contributed by atoms with Gasteiger partial charge in [0.2, 0.25) is 0 Å². The molecule has 98 valence electrons. The van der Waals surface area contributed by atoms with Crippen LogP contribution >= 0.6 is 0 Å². The number of carbonyl (C=O) groups excluding carboxylic acids is 1. The summed E-state index contributed by atoms with van der Waals surface area (Å²) in [6.07, 6.45) is 0. The van der Waals surface area contributed by atoms with Crippen LogP contribution in [-0.2, 0) is 13.1 Å². The highest BCUT2D eigenvalue weighted by Gasteiger charge is 2.01. The molecule has 0 atom stereocenters. The lowest BCUT2D eigenvalue weighted by Crippen LogP contribution is -2.34. The molecule has 4 heteroatoms. The van der Waals surface area contributed by atoms with E-state index in [2.05, 4.69) is 10.6 Å². The van der Waals surface area contributed by atoms with Gasteiger partial charge in [-0.1, -0.05) is 42.5 Å². The largest absolute Gasteiger partial charge is 0.334 e. The minimum Gasteiger partial charge on any atom is -0.334 e. The monoisotopic (exact) mass is 258 g/mol. The lowest BCUT2D eigenvalue weighted by atomic mass is 10.2. The molecule has 3 nitrogen and oxygen atoms in total.